The average molecular weight is 559 g/mol. The van der Waals surface area contributed by atoms with Crippen LogP contribution >= 0.6 is 0 Å². The van der Waals surface area contributed by atoms with Gasteiger partial charge in [-0.3, -0.25) is 4.98 Å². The van der Waals surface area contributed by atoms with E-state index < -0.39 is 0 Å². The van der Waals surface area contributed by atoms with E-state index in [1.54, 1.807) is 0 Å². The van der Waals surface area contributed by atoms with Crippen molar-refractivity contribution in [1.29, 1.82) is 0 Å². The molecule has 0 atom stereocenters. The second kappa shape index (κ2) is 9.86. The first kappa shape index (κ1) is 24.7. The third kappa shape index (κ3) is 3.75. The second-order valence-corrected chi connectivity index (χ2v) is 11.3. The van der Waals surface area contributed by atoms with Crippen molar-refractivity contribution in [2.24, 2.45) is 0 Å². The Hall–Kier alpha value is -5.86. The number of hydrogen-bond acceptors (Lipinski definition) is 2. The highest BCUT2D eigenvalue weighted by atomic mass is 14.8. The van der Waals surface area contributed by atoms with Gasteiger partial charge in [-0.05, 0) is 78.8 Å². The Balaban J connectivity index is 1.37. The summed E-state index contributed by atoms with van der Waals surface area (Å²) in [4.78, 5) is 10.1. The van der Waals surface area contributed by atoms with Crippen LogP contribution in [0.5, 0.6) is 0 Å². The van der Waals surface area contributed by atoms with E-state index in [4.69, 9.17) is 9.97 Å². The van der Waals surface area contributed by atoms with Crippen LogP contribution in [0.4, 0.5) is 0 Å². The Morgan fingerprint density at radius 2 is 0.818 bits per heavy atom. The van der Waals surface area contributed by atoms with Crippen LogP contribution in [0.25, 0.3) is 87.6 Å². The molecule has 0 amide bonds. The van der Waals surface area contributed by atoms with E-state index in [1.165, 1.54) is 54.6 Å². The van der Waals surface area contributed by atoms with Crippen molar-refractivity contribution in [3.63, 3.8) is 0 Å². The minimum atomic E-state index is 0.934. The van der Waals surface area contributed by atoms with Gasteiger partial charge < -0.3 is 0 Å². The largest absolute Gasteiger partial charge is 0.254 e. The number of pyridine rings is 2. The summed E-state index contributed by atoms with van der Waals surface area (Å²) in [6.07, 6.45) is 1.86. The van der Waals surface area contributed by atoms with Crippen molar-refractivity contribution < 1.29 is 0 Å². The maximum absolute atomic E-state index is 5.31. The molecule has 9 aromatic rings. The highest BCUT2D eigenvalue weighted by molar-refractivity contribution is 6.24. The molecular formula is C42H26N2. The molecule has 204 valence electrons. The quantitative estimate of drug-likeness (QED) is 0.159. The molecule has 2 heteroatoms. The summed E-state index contributed by atoms with van der Waals surface area (Å²) < 4.78 is 0. The van der Waals surface area contributed by atoms with Crippen LogP contribution in [-0.2, 0) is 0 Å². The van der Waals surface area contributed by atoms with Gasteiger partial charge in [-0.1, -0.05) is 127 Å². The van der Waals surface area contributed by atoms with E-state index >= 15 is 0 Å². The van der Waals surface area contributed by atoms with Crippen LogP contribution in [-0.4, -0.2) is 9.97 Å². The molecule has 0 spiro atoms. The van der Waals surface area contributed by atoms with E-state index in [9.17, 15) is 0 Å². The predicted molar refractivity (Wildman–Crippen MR) is 186 cm³/mol. The van der Waals surface area contributed by atoms with Gasteiger partial charge in [0.15, 0.2) is 0 Å². The van der Waals surface area contributed by atoms with Crippen molar-refractivity contribution >= 4 is 54.1 Å². The van der Waals surface area contributed by atoms with Crippen molar-refractivity contribution in [3.05, 3.63) is 158 Å². The molecule has 0 N–H and O–H groups in total. The van der Waals surface area contributed by atoms with Crippen molar-refractivity contribution in [2.75, 3.05) is 0 Å². The standard InChI is InChI=1S/C42H26N2/c1-3-12-27(13-4-1)39-32-18-9-10-19-33(32)40(28-14-5-2-6-15-28)37-26-29(21-22-34(37)39)38-24-23-36-31-17-8-7-16-30(31)35-20-11-25-43-41(35)42(36)44-38/h1-26H. The average Bonchev–Trinajstić information content (AvgIpc) is 3.11. The number of aromatic nitrogens is 2. The molecule has 0 aliphatic carbocycles. The van der Waals surface area contributed by atoms with E-state index in [0.717, 1.165) is 33.1 Å². The van der Waals surface area contributed by atoms with E-state index in [-0.39, 0.29) is 0 Å². The van der Waals surface area contributed by atoms with Gasteiger partial charge in [0, 0.05) is 22.5 Å². The fourth-order valence-electron chi connectivity index (χ4n) is 6.95. The fourth-order valence-corrected chi connectivity index (χ4v) is 6.95. The summed E-state index contributed by atoms with van der Waals surface area (Å²) in [6, 6.07) is 54.2. The Bertz CT molecular complexity index is 2500. The molecule has 2 heterocycles. The summed E-state index contributed by atoms with van der Waals surface area (Å²) in [5.41, 5.74) is 8.83. The first-order chi connectivity index (χ1) is 21.8. The Morgan fingerprint density at radius 1 is 0.318 bits per heavy atom. The molecule has 0 saturated carbocycles. The lowest BCUT2D eigenvalue weighted by atomic mass is 9.85. The SMILES string of the molecule is c1ccc(-c2c3ccccc3c(-c3ccccc3)c3cc(-c4ccc5c6ccccc6c6cccnc6c5n4)ccc23)cc1. The third-order valence-electron chi connectivity index (χ3n) is 8.88. The van der Waals surface area contributed by atoms with Gasteiger partial charge in [0.05, 0.1) is 16.7 Å². The van der Waals surface area contributed by atoms with Crippen LogP contribution in [0.15, 0.2) is 158 Å². The first-order valence-electron chi connectivity index (χ1n) is 15.0. The molecule has 44 heavy (non-hydrogen) atoms. The van der Waals surface area contributed by atoms with Gasteiger partial charge in [-0.15, -0.1) is 0 Å². The lowest BCUT2D eigenvalue weighted by molar-refractivity contribution is 1.38. The van der Waals surface area contributed by atoms with Gasteiger partial charge in [0.1, 0.15) is 0 Å². The second-order valence-electron chi connectivity index (χ2n) is 11.3. The topological polar surface area (TPSA) is 25.8 Å². The molecule has 0 bridgehead atoms. The Morgan fingerprint density at radius 3 is 1.48 bits per heavy atom. The normalized spacial score (nSPS) is 11.6. The molecule has 0 saturated heterocycles. The molecule has 0 unspecified atom stereocenters. The van der Waals surface area contributed by atoms with E-state index in [2.05, 4.69) is 146 Å². The van der Waals surface area contributed by atoms with Gasteiger partial charge >= 0.3 is 0 Å². The Kier molecular flexibility index (Phi) is 5.54. The zero-order chi connectivity index (χ0) is 29.0. The summed E-state index contributed by atoms with van der Waals surface area (Å²) in [6.45, 7) is 0. The predicted octanol–water partition coefficient (Wildman–Crippen LogP) is 11.2. The number of benzene rings is 7. The molecule has 0 fully saturated rings. The molecule has 9 rings (SSSR count). The first-order valence-corrected chi connectivity index (χ1v) is 15.0. The lowest BCUT2D eigenvalue weighted by Crippen LogP contribution is -1.93. The molecule has 0 aliphatic heterocycles. The summed E-state index contributed by atoms with van der Waals surface area (Å²) in [7, 11) is 0. The van der Waals surface area contributed by atoms with E-state index in [1.807, 2.05) is 12.3 Å². The van der Waals surface area contributed by atoms with Crippen molar-refractivity contribution in [3.8, 4) is 33.5 Å². The minimum Gasteiger partial charge on any atom is -0.254 e. The number of rotatable bonds is 3. The van der Waals surface area contributed by atoms with Gasteiger partial charge in [-0.2, -0.15) is 0 Å². The Labute approximate surface area is 254 Å². The van der Waals surface area contributed by atoms with Gasteiger partial charge in [0.2, 0.25) is 0 Å². The molecule has 0 radical (unpaired) electrons. The maximum Gasteiger partial charge on any atom is 0.0978 e. The fraction of sp³-hybridized carbons (Fsp3) is 0. The van der Waals surface area contributed by atoms with Crippen LogP contribution in [0.2, 0.25) is 0 Å². The molecular weight excluding hydrogens is 532 g/mol. The van der Waals surface area contributed by atoms with Crippen molar-refractivity contribution in [2.45, 2.75) is 0 Å². The number of nitrogens with zero attached hydrogens (tertiary/aromatic N) is 2. The van der Waals surface area contributed by atoms with Crippen molar-refractivity contribution in [1.82, 2.24) is 9.97 Å². The molecule has 2 nitrogen and oxygen atoms in total. The lowest BCUT2D eigenvalue weighted by Gasteiger charge is -2.18. The number of hydrogen-bond donors (Lipinski definition) is 0. The van der Waals surface area contributed by atoms with Crippen LogP contribution in [0.1, 0.15) is 0 Å². The zero-order valence-corrected chi connectivity index (χ0v) is 23.9. The molecule has 2 aromatic heterocycles. The van der Waals surface area contributed by atoms with Crippen LogP contribution in [0.3, 0.4) is 0 Å². The maximum atomic E-state index is 5.31. The van der Waals surface area contributed by atoms with Crippen LogP contribution < -0.4 is 0 Å². The summed E-state index contributed by atoms with van der Waals surface area (Å²) in [5.74, 6) is 0. The zero-order valence-electron chi connectivity index (χ0n) is 23.9. The van der Waals surface area contributed by atoms with Crippen LogP contribution in [0, 0.1) is 0 Å². The monoisotopic (exact) mass is 558 g/mol. The molecule has 0 aliphatic rings. The highest BCUT2D eigenvalue weighted by Crippen LogP contribution is 2.45. The third-order valence-corrected chi connectivity index (χ3v) is 8.88. The molecule has 7 aromatic carbocycles. The van der Waals surface area contributed by atoms with Gasteiger partial charge in [0.25, 0.3) is 0 Å². The van der Waals surface area contributed by atoms with E-state index in [0.29, 0.717) is 0 Å². The summed E-state index contributed by atoms with van der Waals surface area (Å²) >= 11 is 0. The smallest absolute Gasteiger partial charge is 0.0978 e. The summed E-state index contributed by atoms with van der Waals surface area (Å²) in [5, 5.41) is 9.61. The van der Waals surface area contributed by atoms with Gasteiger partial charge in [-0.25, -0.2) is 4.98 Å². The minimum absolute atomic E-state index is 0.934. The number of fused-ring (bicyclic) bond motifs is 8. The highest BCUT2D eigenvalue weighted by Gasteiger charge is 2.18.